The largest absolute Gasteiger partial charge is 0.338 e. The monoisotopic (exact) mass is 290 g/mol. The van der Waals surface area contributed by atoms with E-state index in [-0.39, 0.29) is 5.91 Å². The van der Waals surface area contributed by atoms with Crippen molar-refractivity contribution >= 4 is 18.5 Å². The lowest BCUT2D eigenvalue weighted by atomic mass is 9.84. The Kier molecular flexibility index (Phi) is 4.03. The van der Waals surface area contributed by atoms with Crippen molar-refractivity contribution in [1.29, 1.82) is 0 Å². The Morgan fingerprint density at radius 1 is 1.30 bits per heavy atom. The van der Waals surface area contributed by atoms with Gasteiger partial charge < -0.3 is 9.80 Å². The standard InChI is InChI=1S/C16H22N2OS/c1-17-8-3-5-13-11-18(9-7-15(13)17)16(19)12-4-2-6-14(20)10-12/h2,4,6,10,13,15,20H,3,5,7-9,11H2,1H3. The molecule has 0 aliphatic carbocycles. The van der Waals surface area contributed by atoms with Gasteiger partial charge in [0.1, 0.15) is 0 Å². The van der Waals surface area contributed by atoms with Crippen LogP contribution in [0.1, 0.15) is 29.6 Å². The van der Waals surface area contributed by atoms with E-state index in [0.717, 1.165) is 30.0 Å². The van der Waals surface area contributed by atoms with E-state index in [1.54, 1.807) is 0 Å². The van der Waals surface area contributed by atoms with Gasteiger partial charge >= 0.3 is 0 Å². The quantitative estimate of drug-likeness (QED) is 0.804. The number of fused-ring (bicyclic) bond motifs is 1. The van der Waals surface area contributed by atoms with Crippen LogP contribution in [0, 0.1) is 5.92 Å². The molecule has 2 saturated heterocycles. The van der Waals surface area contributed by atoms with Crippen molar-refractivity contribution in [1.82, 2.24) is 9.80 Å². The summed E-state index contributed by atoms with van der Waals surface area (Å²) in [6.45, 7) is 2.99. The fourth-order valence-electron chi connectivity index (χ4n) is 3.66. The minimum absolute atomic E-state index is 0.160. The molecule has 0 radical (unpaired) electrons. The van der Waals surface area contributed by atoms with E-state index in [4.69, 9.17) is 0 Å². The summed E-state index contributed by atoms with van der Waals surface area (Å²) in [5.74, 6) is 0.804. The average Bonchev–Trinajstić information content (AvgIpc) is 2.46. The molecule has 0 N–H and O–H groups in total. The summed E-state index contributed by atoms with van der Waals surface area (Å²) < 4.78 is 0. The summed E-state index contributed by atoms with van der Waals surface area (Å²) in [4.78, 5) is 17.9. The van der Waals surface area contributed by atoms with Crippen molar-refractivity contribution in [2.75, 3.05) is 26.7 Å². The van der Waals surface area contributed by atoms with Crippen LogP contribution in [0.15, 0.2) is 29.2 Å². The highest BCUT2D eigenvalue weighted by molar-refractivity contribution is 7.80. The molecule has 0 bridgehead atoms. The molecule has 20 heavy (non-hydrogen) atoms. The number of amides is 1. The zero-order valence-electron chi connectivity index (χ0n) is 12.0. The molecule has 108 valence electrons. The molecule has 2 heterocycles. The van der Waals surface area contributed by atoms with Gasteiger partial charge in [-0.1, -0.05) is 6.07 Å². The van der Waals surface area contributed by atoms with Gasteiger partial charge in [-0.25, -0.2) is 0 Å². The molecule has 1 aromatic carbocycles. The van der Waals surface area contributed by atoms with Gasteiger partial charge in [0, 0.05) is 29.6 Å². The van der Waals surface area contributed by atoms with Crippen molar-refractivity contribution in [2.45, 2.75) is 30.2 Å². The van der Waals surface area contributed by atoms with Crippen LogP contribution in [0.25, 0.3) is 0 Å². The van der Waals surface area contributed by atoms with Crippen LogP contribution < -0.4 is 0 Å². The van der Waals surface area contributed by atoms with E-state index in [2.05, 4.69) is 24.6 Å². The van der Waals surface area contributed by atoms with Crippen molar-refractivity contribution in [3.63, 3.8) is 0 Å². The van der Waals surface area contributed by atoms with Crippen LogP contribution in [0.2, 0.25) is 0 Å². The first-order valence-electron chi connectivity index (χ1n) is 7.43. The molecular formula is C16H22N2OS. The van der Waals surface area contributed by atoms with Gasteiger partial charge in [-0.3, -0.25) is 4.79 Å². The summed E-state index contributed by atoms with van der Waals surface area (Å²) in [5.41, 5.74) is 0.764. The highest BCUT2D eigenvalue weighted by Crippen LogP contribution is 2.30. The number of hydrogen-bond donors (Lipinski definition) is 1. The Morgan fingerprint density at radius 2 is 2.15 bits per heavy atom. The molecular weight excluding hydrogens is 268 g/mol. The third kappa shape index (κ3) is 2.72. The second-order valence-corrected chi connectivity index (χ2v) is 6.56. The molecule has 0 saturated carbocycles. The first-order chi connectivity index (χ1) is 9.65. The first-order valence-corrected chi connectivity index (χ1v) is 7.88. The SMILES string of the molecule is CN1CCCC2CN(C(=O)c3cccc(S)c3)CCC21. The van der Waals surface area contributed by atoms with Gasteiger partial charge in [0.15, 0.2) is 0 Å². The molecule has 0 spiro atoms. The van der Waals surface area contributed by atoms with E-state index in [0.29, 0.717) is 12.0 Å². The number of hydrogen-bond acceptors (Lipinski definition) is 3. The Bertz CT molecular complexity index is 505. The number of piperidine rings is 2. The number of likely N-dealkylation sites (tertiary alicyclic amines) is 2. The predicted octanol–water partition coefficient (Wildman–Crippen LogP) is 2.53. The van der Waals surface area contributed by atoms with E-state index in [1.807, 2.05) is 29.2 Å². The van der Waals surface area contributed by atoms with Crippen molar-refractivity contribution in [2.24, 2.45) is 5.92 Å². The Morgan fingerprint density at radius 3 is 2.95 bits per heavy atom. The Hall–Kier alpha value is -1.00. The average molecular weight is 290 g/mol. The molecule has 2 unspecified atom stereocenters. The summed E-state index contributed by atoms with van der Waals surface area (Å²) in [7, 11) is 2.22. The van der Waals surface area contributed by atoms with Crippen LogP contribution in [-0.2, 0) is 0 Å². The highest BCUT2D eigenvalue weighted by atomic mass is 32.1. The Balaban J connectivity index is 1.71. The van der Waals surface area contributed by atoms with Gasteiger partial charge in [0.2, 0.25) is 0 Å². The van der Waals surface area contributed by atoms with Crippen LogP contribution in [0.5, 0.6) is 0 Å². The topological polar surface area (TPSA) is 23.6 Å². The molecule has 1 aromatic rings. The van der Waals surface area contributed by atoms with E-state index in [9.17, 15) is 4.79 Å². The number of rotatable bonds is 1. The van der Waals surface area contributed by atoms with E-state index in [1.165, 1.54) is 19.4 Å². The van der Waals surface area contributed by atoms with E-state index >= 15 is 0 Å². The molecule has 2 atom stereocenters. The number of nitrogens with zero attached hydrogens (tertiary/aromatic N) is 2. The number of thiol groups is 1. The van der Waals surface area contributed by atoms with Crippen LogP contribution in [-0.4, -0.2) is 48.4 Å². The highest BCUT2D eigenvalue weighted by Gasteiger charge is 2.35. The van der Waals surface area contributed by atoms with Crippen LogP contribution in [0.3, 0.4) is 0 Å². The van der Waals surface area contributed by atoms with Gasteiger partial charge in [-0.15, -0.1) is 12.6 Å². The van der Waals surface area contributed by atoms with Gasteiger partial charge in [0.05, 0.1) is 0 Å². The minimum atomic E-state index is 0.160. The maximum absolute atomic E-state index is 12.6. The summed E-state index contributed by atoms with van der Waals surface area (Å²) in [5, 5.41) is 0. The second kappa shape index (κ2) is 5.78. The lowest BCUT2D eigenvalue weighted by molar-refractivity contribution is 0.0317. The molecule has 3 nitrogen and oxygen atoms in total. The summed E-state index contributed by atoms with van der Waals surface area (Å²) in [6.07, 6.45) is 3.62. The number of carbonyl (C=O) groups excluding carboxylic acids is 1. The van der Waals surface area contributed by atoms with Gasteiger partial charge in [0.25, 0.3) is 5.91 Å². The third-order valence-electron chi connectivity index (χ3n) is 4.73. The van der Waals surface area contributed by atoms with Crippen LogP contribution >= 0.6 is 12.6 Å². The maximum atomic E-state index is 12.6. The fourth-order valence-corrected chi connectivity index (χ4v) is 3.88. The van der Waals surface area contributed by atoms with Crippen LogP contribution in [0.4, 0.5) is 0 Å². The summed E-state index contributed by atoms with van der Waals surface area (Å²) >= 11 is 4.32. The van der Waals surface area contributed by atoms with E-state index < -0.39 is 0 Å². The molecule has 2 aliphatic heterocycles. The lowest BCUT2D eigenvalue weighted by Gasteiger charge is -2.46. The fraction of sp³-hybridized carbons (Fsp3) is 0.562. The molecule has 2 fully saturated rings. The molecule has 1 amide bonds. The first kappa shape index (κ1) is 14.0. The third-order valence-corrected chi connectivity index (χ3v) is 5.00. The number of carbonyl (C=O) groups is 1. The second-order valence-electron chi connectivity index (χ2n) is 6.04. The molecule has 3 rings (SSSR count). The molecule has 4 heteroatoms. The predicted molar refractivity (Wildman–Crippen MR) is 83.4 cm³/mol. The summed E-state index contributed by atoms with van der Waals surface area (Å²) in [6, 6.07) is 8.23. The normalized spacial score (nSPS) is 27.2. The lowest BCUT2D eigenvalue weighted by Crippen LogP contribution is -2.53. The van der Waals surface area contributed by atoms with Crippen molar-refractivity contribution in [3.8, 4) is 0 Å². The maximum Gasteiger partial charge on any atom is 0.253 e. The minimum Gasteiger partial charge on any atom is -0.338 e. The van der Waals surface area contributed by atoms with Gasteiger partial charge in [-0.2, -0.15) is 0 Å². The Labute approximate surface area is 126 Å². The zero-order valence-corrected chi connectivity index (χ0v) is 12.9. The van der Waals surface area contributed by atoms with Gasteiger partial charge in [-0.05, 0) is 57.0 Å². The van der Waals surface area contributed by atoms with Crippen molar-refractivity contribution < 1.29 is 4.79 Å². The smallest absolute Gasteiger partial charge is 0.253 e. The zero-order chi connectivity index (χ0) is 14.1. The molecule has 2 aliphatic rings. The molecule has 0 aromatic heterocycles. The number of benzene rings is 1. The van der Waals surface area contributed by atoms with Crippen molar-refractivity contribution in [3.05, 3.63) is 29.8 Å².